The zero-order valence-electron chi connectivity index (χ0n) is 19.5. The predicted octanol–water partition coefficient (Wildman–Crippen LogP) is 4.65. The number of aliphatic carboxylic acids is 1. The van der Waals surface area contributed by atoms with E-state index in [4.69, 9.17) is 13.9 Å². The summed E-state index contributed by atoms with van der Waals surface area (Å²) in [7, 11) is 0. The molecule has 0 saturated heterocycles. The van der Waals surface area contributed by atoms with E-state index in [1.165, 1.54) is 18.5 Å². The number of aromatic nitrogens is 3. The molecule has 0 amide bonds. The van der Waals surface area contributed by atoms with Crippen molar-refractivity contribution in [2.24, 2.45) is 0 Å². The maximum atomic E-state index is 11.9. The van der Waals surface area contributed by atoms with Gasteiger partial charge in [0, 0.05) is 30.4 Å². The molecule has 0 aliphatic rings. The van der Waals surface area contributed by atoms with Crippen LogP contribution in [0.2, 0.25) is 0 Å². The number of carboxylic acids is 1. The van der Waals surface area contributed by atoms with E-state index in [1.54, 1.807) is 31.3 Å². The highest BCUT2D eigenvalue weighted by molar-refractivity contribution is 5.86. The standard InChI is InChI=1S/C26H24N4O6/c1-2-34-25(33)22-13-18(16-35-22)20(14-24(31)32)21-10-12-28-26(30-21)36-19-8-6-17(7-9-19)15-29-23-5-3-4-11-27-23/h3-13,16,20H,2,14-15H2,1H3,(H,27,29)(H,31,32). The van der Waals surface area contributed by atoms with Gasteiger partial charge in [-0.05, 0) is 48.9 Å². The van der Waals surface area contributed by atoms with Gasteiger partial charge in [0.05, 0.1) is 25.0 Å². The molecule has 2 N–H and O–H groups in total. The number of furan rings is 1. The fourth-order valence-corrected chi connectivity index (χ4v) is 3.45. The molecule has 3 aromatic heterocycles. The second kappa shape index (κ2) is 11.6. The molecule has 0 fully saturated rings. The van der Waals surface area contributed by atoms with Gasteiger partial charge in [-0.3, -0.25) is 4.79 Å². The van der Waals surface area contributed by atoms with Gasteiger partial charge in [0.1, 0.15) is 11.6 Å². The first-order chi connectivity index (χ1) is 17.5. The molecule has 0 spiro atoms. The normalized spacial score (nSPS) is 11.5. The average Bonchev–Trinajstić information content (AvgIpc) is 3.38. The minimum atomic E-state index is -1.03. The van der Waals surface area contributed by atoms with Crippen molar-refractivity contribution >= 4 is 17.8 Å². The number of carboxylic acid groups (broad SMARTS) is 1. The molecule has 1 aromatic carbocycles. The first-order valence-corrected chi connectivity index (χ1v) is 11.2. The first kappa shape index (κ1) is 24.4. The summed E-state index contributed by atoms with van der Waals surface area (Å²) in [5.74, 6) is -1.04. The lowest BCUT2D eigenvalue weighted by atomic mass is 9.94. The molecule has 184 valence electrons. The number of nitrogens with zero attached hydrogens (tertiary/aromatic N) is 3. The summed E-state index contributed by atoms with van der Waals surface area (Å²) in [6, 6.07) is 16.2. The number of rotatable bonds is 11. The van der Waals surface area contributed by atoms with E-state index < -0.39 is 17.9 Å². The van der Waals surface area contributed by atoms with Crippen LogP contribution in [0.1, 0.15) is 46.6 Å². The van der Waals surface area contributed by atoms with Crippen molar-refractivity contribution < 1.29 is 28.6 Å². The Labute approximate surface area is 207 Å². The lowest BCUT2D eigenvalue weighted by Crippen LogP contribution is -2.10. The van der Waals surface area contributed by atoms with Crippen molar-refractivity contribution in [1.82, 2.24) is 15.0 Å². The van der Waals surface area contributed by atoms with Crippen LogP contribution in [0.25, 0.3) is 0 Å². The number of carbonyl (C=O) groups is 2. The number of hydrogen-bond acceptors (Lipinski definition) is 9. The molecule has 0 saturated carbocycles. The number of benzene rings is 1. The monoisotopic (exact) mass is 488 g/mol. The van der Waals surface area contributed by atoms with Crippen LogP contribution in [0.4, 0.5) is 5.82 Å². The van der Waals surface area contributed by atoms with E-state index >= 15 is 0 Å². The molecular formula is C26H24N4O6. The quantitative estimate of drug-likeness (QED) is 0.287. The number of hydrogen-bond donors (Lipinski definition) is 2. The van der Waals surface area contributed by atoms with Crippen LogP contribution < -0.4 is 10.1 Å². The molecule has 1 atom stereocenters. The Morgan fingerprint density at radius 2 is 1.92 bits per heavy atom. The second-order valence-corrected chi connectivity index (χ2v) is 7.69. The number of esters is 1. The first-order valence-electron chi connectivity index (χ1n) is 11.2. The van der Waals surface area contributed by atoms with Crippen molar-refractivity contribution in [3.8, 4) is 11.8 Å². The molecule has 1 unspecified atom stereocenters. The van der Waals surface area contributed by atoms with Crippen molar-refractivity contribution in [2.75, 3.05) is 11.9 Å². The molecule has 0 aliphatic heterocycles. The van der Waals surface area contributed by atoms with Crippen LogP contribution in [-0.4, -0.2) is 38.6 Å². The fourth-order valence-electron chi connectivity index (χ4n) is 3.45. The Bertz CT molecular complexity index is 1310. The van der Waals surface area contributed by atoms with Crippen molar-refractivity contribution in [3.63, 3.8) is 0 Å². The number of nitrogens with one attached hydrogen (secondary N) is 1. The van der Waals surface area contributed by atoms with Crippen molar-refractivity contribution in [3.05, 3.63) is 95.8 Å². The summed E-state index contributed by atoms with van der Waals surface area (Å²) in [6.07, 6.45) is 4.28. The van der Waals surface area contributed by atoms with Gasteiger partial charge in [-0.25, -0.2) is 14.8 Å². The van der Waals surface area contributed by atoms with Crippen LogP contribution in [0.5, 0.6) is 11.8 Å². The number of ether oxygens (including phenoxy) is 2. The smallest absolute Gasteiger partial charge is 0.374 e. The topological polar surface area (TPSA) is 137 Å². The van der Waals surface area contributed by atoms with Gasteiger partial charge < -0.3 is 24.3 Å². The SMILES string of the molecule is CCOC(=O)c1cc(C(CC(=O)O)c2ccnc(Oc3ccc(CNc4ccccn4)cc3)n2)co1. The van der Waals surface area contributed by atoms with E-state index in [9.17, 15) is 14.7 Å². The Kier molecular flexibility index (Phi) is 7.87. The Balaban J connectivity index is 1.47. The molecule has 4 aromatic rings. The van der Waals surface area contributed by atoms with E-state index in [1.807, 2.05) is 30.3 Å². The fraction of sp³-hybridized carbons (Fsp3) is 0.192. The molecule has 36 heavy (non-hydrogen) atoms. The van der Waals surface area contributed by atoms with Gasteiger partial charge in [0.2, 0.25) is 5.76 Å². The maximum Gasteiger partial charge on any atom is 0.374 e. The highest BCUT2D eigenvalue weighted by Gasteiger charge is 2.24. The van der Waals surface area contributed by atoms with Gasteiger partial charge in [-0.1, -0.05) is 18.2 Å². The van der Waals surface area contributed by atoms with Crippen LogP contribution in [0.15, 0.2) is 77.7 Å². The number of carbonyl (C=O) groups excluding carboxylic acids is 1. The summed E-state index contributed by atoms with van der Waals surface area (Å²) in [5, 5.41) is 12.7. The third-order valence-corrected chi connectivity index (χ3v) is 5.16. The van der Waals surface area contributed by atoms with Crippen LogP contribution in [0, 0.1) is 0 Å². The van der Waals surface area contributed by atoms with Crippen molar-refractivity contribution in [2.45, 2.75) is 25.8 Å². The Morgan fingerprint density at radius 3 is 2.64 bits per heavy atom. The Morgan fingerprint density at radius 1 is 1.08 bits per heavy atom. The summed E-state index contributed by atoms with van der Waals surface area (Å²) in [4.78, 5) is 36.3. The third kappa shape index (κ3) is 6.44. The third-order valence-electron chi connectivity index (χ3n) is 5.16. The number of anilines is 1. The van der Waals surface area contributed by atoms with Gasteiger partial charge in [-0.2, -0.15) is 4.98 Å². The Hall–Kier alpha value is -4.73. The molecule has 10 nitrogen and oxygen atoms in total. The molecule has 4 rings (SSSR count). The van der Waals surface area contributed by atoms with Gasteiger partial charge >= 0.3 is 17.9 Å². The zero-order valence-corrected chi connectivity index (χ0v) is 19.5. The van der Waals surface area contributed by atoms with E-state index in [-0.39, 0.29) is 24.8 Å². The summed E-state index contributed by atoms with van der Waals surface area (Å²) >= 11 is 0. The maximum absolute atomic E-state index is 11.9. The van der Waals surface area contributed by atoms with Crippen LogP contribution in [-0.2, 0) is 16.1 Å². The second-order valence-electron chi connectivity index (χ2n) is 7.69. The minimum Gasteiger partial charge on any atom is -0.481 e. The van der Waals surface area contributed by atoms with E-state index in [0.29, 0.717) is 23.6 Å². The predicted molar refractivity (Wildman–Crippen MR) is 129 cm³/mol. The molecular weight excluding hydrogens is 464 g/mol. The van der Waals surface area contributed by atoms with Gasteiger partial charge in [0.25, 0.3) is 0 Å². The molecule has 10 heteroatoms. The molecule has 0 bridgehead atoms. The summed E-state index contributed by atoms with van der Waals surface area (Å²) in [5.41, 5.74) is 1.92. The van der Waals surface area contributed by atoms with Crippen LogP contribution >= 0.6 is 0 Å². The van der Waals surface area contributed by atoms with E-state index in [2.05, 4.69) is 20.3 Å². The highest BCUT2D eigenvalue weighted by Crippen LogP contribution is 2.30. The van der Waals surface area contributed by atoms with Gasteiger partial charge in [-0.15, -0.1) is 0 Å². The molecule has 0 aliphatic carbocycles. The minimum absolute atomic E-state index is 0.00889. The summed E-state index contributed by atoms with van der Waals surface area (Å²) in [6.45, 7) is 2.48. The lowest BCUT2D eigenvalue weighted by Gasteiger charge is -2.13. The highest BCUT2D eigenvalue weighted by atomic mass is 16.5. The van der Waals surface area contributed by atoms with E-state index in [0.717, 1.165) is 11.4 Å². The lowest BCUT2D eigenvalue weighted by molar-refractivity contribution is -0.137. The van der Waals surface area contributed by atoms with Crippen molar-refractivity contribution in [1.29, 1.82) is 0 Å². The number of pyridine rings is 1. The van der Waals surface area contributed by atoms with Gasteiger partial charge in [0.15, 0.2) is 0 Å². The average molecular weight is 489 g/mol. The van der Waals surface area contributed by atoms with Crippen LogP contribution in [0.3, 0.4) is 0 Å². The largest absolute Gasteiger partial charge is 0.481 e. The summed E-state index contributed by atoms with van der Waals surface area (Å²) < 4.78 is 16.0. The molecule has 0 radical (unpaired) electrons. The molecule has 3 heterocycles. The zero-order chi connectivity index (χ0) is 25.3.